The molecule has 0 atom stereocenters. The molecule has 1 saturated heterocycles. The number of amides is 1. The van der Waals surface area contributed by atoms with Crippen LogP contribution in [0.15, 0.2) is 24.3 Å². The van der Waals surface area contributed by atoms with Gasteiger partial charge in [0.1, 0.15) is 0 Å². The van der Waals surface area contributed by atoms with E-state index in [0.29, 0.717) is 17.5 Å². The van der Waals surface area contributed by atoms with Gasteiger partial charge < -0.3 is 15.4 Å². The van der Waals surface area contributed by atoms with Crippen molar-refractivity contribution in [3.8, 4) is 0 Å². The molecule has 1 aliphatic heterocycles. The van der Waals surface area contributed by atoms with Crippen LogP contribution in [0.25, 0.3) is 0 Å². The molecule has 1 heterocycles. The highest BCUT2D eigenvalue weighted by Crippen LogP contribution is 2.42. The quantitative estimate of drug-likeness (QED) is 0.704. The fourth-order valence-electron chi connectivity index (χ4n) is 4.43. The van der Waals surface area contributed by atoms with E-state index in [-0.39, 0.29) is 18.5 Å². The Morgan fingerprint density at radius 1 is 1.22 bits per heavy atom. The van der Waals surface area contributed by atoms with Gasteiger partial charge in [-0.25, -0.2) is 0 Å². The van der Waals surface area contributed by atoms with Crippen molar-refractivity contribution in [1.82, 2.24) is 4.90 Å². The summed E-state index contributed by atoms with van der Waals surface area (Å²) in [5.74, 6) is 0.292. The summed E-state index contributed by atoms with van der Waals surface area (Å²) in [7, 11) is 0. The van der Waals surface area contributed by atoms with Gasteiger partial charge in [0.05, 0.1) is 11.5 Å². The van der Waals surface area contributed by atoms with Crippen molar-refractivity contribution in [1.29, 1.82) is 0 Å². The Hall–Kier alpha value is -0.810. The number of ether oxygens (including phenoxy) is 1. The topological polar surface area (TPSA) is 55.6 Å². The minimum Gasteiger partial charge on any atom is -0.378 e. The predicted octanol–water partition coefficient (Wildman–Crippen LogP) is 4.32. The summed E-state index contributed by atoms with van der Waals surface area (Å²) in [6.45, 7) is 2.96. The number of piperidine rings is 1. The molecular weight excluding hydrogens is 383 g/mol. The molecule has 0 spiro atoms. The van der Waals surface area contributed by atoms with Crippen molar-refractivity contribution in [2.75, 3.05) is 26.2 Å². The first kappa shape index (κ1) is 22.5. The Kier molecular flexibility index (Phi) is 8.87. The molecule has 3 rings (SSSR count). The van der Waals surface area contributed by atoms with Gasteiger partial charge in [-0.2, -0.15) is 0 Å². The van der Waals surface area contributed by atoms with E-state index >= 15 is 0 Å². The molecule has 6 heteroatoms. The van der Waals surface area contributed by atoms with Crippen LogP contribution in [-0.4, -0.2) is 43.2 Å². The molecule has 0 unspecified atom stereocenters. The number of likely N-dealkylation sites (tertiary alicyclic amines) is 1. The molecule has 2 aliphatic rings. The van der Waals surface area contributed by atoms with Crippen LogP contribution in [0.3, 0.4) is 0 Å². The standard InChI is InChI=1S/C21H31ClN2O2.ClH/c22-18-7-4-6-17(16-18)21(10-2-1-3-11-21)20(25)24-13-8-19(9-14-24)26-15-5-12-23;/h4,6-7,16,19H,1-3,5,8-15,23H2;1H. The normalized spacial score (nSPS) is 20.1. The number of carbonyl (C=O) groups excluding carboxylic acids is 1. The van der Waals surface area contributed by atoms with Crippen LogP contribution in [0.2, 0.25) is 5.02 Å². The molecular formula is C21H32Cl2N2O2. The lowest BCUT2D eigenvalue weighted by Crippen LogP contribution is -2.51. The number of carbonyl (C=O) groups is 1. The Labute approximate surface area is 174 Å². The fraction of sp³-hybridized carbons (Fsp3) is 0.667. The van der Waals surface area contributed by atoms with Crippen LogP contribution in [0, 0.1) is 0 Å². The Morgan fingerprint density at radius 3 is 2.56 bits per heavy atom. The van der Waals surface area contributed by atoms with E-state index in [1.165, 1.54) is 6.42 Å². The van der Waals surface area contributed by atoms with Gasteiger partial charge in [0.2, 0.25) is 5.91 Å². The molecule has 0 radical (unpaired) electrons. The van der Waals surface area contributed by atoms with Crippen LogP contribution in [0.4, 0.5) is 0 Å². The molecule has 4 nitrogen and oxygen atoms in total. The minimum atomic E-state index is -0.392. The predicted molar refractivity (Wildman–Crippen MR) is 113 cm³/mol. The molecule has 1 amide bonds. The largest absolute Gasteiger partial charge is 0.378 e. The van der Waals surface area contributed by atoms with Gasteiger partial charge in [-0.05, 0) is 56.3 Å². The summed E-state index contributed by atoms with van der Waals surface area (Å²) >= 11 is 6.25. The van der Waals surface area contributed by atoms with Gasteiger partial charge in [0, 0.05) is 24.7 Å². The highest BCUT2D eigenvalue weighted by atomic mass is 35.5. The third-order valence-corrected chi connectivity index (χ3v) is 6.16. The first-order valence-electron chi connectivity index (χ1n) is 10.0. The fourth-order valence-corrected chi connectivity index (χ4v) is 4.62. The van der Waals surface area contributed by atoms with Crippen LogP contribution in [-0.2, 0) is 14.9 Å². The van der Waals surface area contributed by atoms with Gasteiger partial charge in [-0.1, -0.05) is 43.0 Å². The monoisotopic (exact) mass is 414 g/mol. The van der Waals surface area contributed by atoms with Crippen molar-refractivity contribution < 1.29 is 9.53 Å². The van der Waals surface area contributed by atoms with E-state index in [1.54, 1.807) is 0 Å². The SMILES string of the molecule is Cl.NCCCOC1CCN(C(=O)C2(c3cccc(Cl)c3)CCCCC2)CC1. The van der Waals surface area contributed by atoms with Crippen molar-refractivity contribution in [3.05, 3.63) is 34.9 Å². The summed E-state index contributed by atoms with van der Waals surface area (Å²) in [6.07, 6.45) is 8.29. The number of hydrogen-bond acceptors (Lipinski definition) is 3. The van der Waals surface area contributed by atoms with Gasteiger partial charge in [0.15, 0.2) is 0 Å². The maximum absolute atomic E-state index is 13.6. The lowest BCUT2D eigenvalue weighted by Gasteiger charge is -2.42. The first-order valence-corrected chi connectivity index (χ1v) is 10.4. The molecule has 152 valence electrons. The summed E-state index contributed by atoms with van der Waals surface area (Å²) in [5, 5.41) is 0.715. The number of nitrogens with two attached hydrogens (primary N) is 1. The molecule has 1 aromatic rings. The molecule has 0 aromatic heterocycles. The van der Waals surface area contributed by atoms with Gasteiger partial charge in [-0.15, -0.1) is 12.4 Å². The smallest absolute Gasteiger partial charge is 0.233 e. The van der Waals surface area contributed by atoms with Gasteiger partial charge >= 0.3 is 0 Å². The van der Waals surface area contributed by atoms with Crippen LogP contribution in [0.1, 0.15) is 56.9 Å². The van der Waals surface area contributed by atoms with Crippen molar-refractivity contribution in [3.63, 3.8) is 0 Å². The minimum absolute atomic E-state index is 0. The Morgan fingerprint density at radius 2 is 1.93 bits per heavy atom. The highest BCUT2D eigenvalue weighted by molar-refractivity contribution is 6.30. The molecule has 27 heavy (non-hydrogen) atoms. The van der Waals surface area contributed by atoms with E-state index < -0.39 is 5.41 Å². The van der Waals surface area contributed by atoms with E-state index in [0.717, 1.165) is 70.2 Å². The average molecular weight is 415 g/mol. The second kappa shape index (κ2) is 10.7. The van der Waals surface area contributed by atoms with Gasteiger partial charge in [0.25, 0.3) is 0 Å². The lowest BCUT2D eigenvalue weighted by atomic mass is 9.68. The zero-order chi connectivity index (χ0) is 18.4. The van der Waals surface area contributed by atoms with Crippen molar-refractivity contribution >= 4 is 29.9 Å². The van der Waals surface area contributed by atoms with Crippen molar-refractivity contribution in [2.45, 2.75) is 62.9 Å². The molecule has 1 aliphatic carbocycles. The number of hydrogen-bond donors (Lipinski definition) is 1. The Bertz CT molecular complexity index is 598. The van der Waals surface area contributed by atoms with Crippen LogP contribution in [0.5, 0.6) is 0 Å². The number of rotatable bonds is 6. The molecule has 2 fully saturated rings. The van der Waals surface area contributed by atoms with E-state index in [4.69, 9.17) is 22.1 Å². The summed E-state index contributed by atoms with van der Waals surface area (Å²) < 4.78 is 5.89. The third kappa shape index (κ3) is 5.38. The molecule has 1 aromatic carbocycles. The first-order chi connectivity index (χ1) is 12.7. The van der Waals surface area contributed by atoms with Gasteiger partial charge in [-0.3, -0.25) is 4.79 Å². The van der Waals surface area contributed by atoms with E-state index in [9.17, 15) is 4.79 Å². The zero-order valence-corrected chi connectivity index (χ0v) is 17.6. The maximum atomic E-state index is 13.6. The molecule has 1 saturated carbocycles. The van der Waals surface area contributed by atoms with Crippen molar-refractivity contribution in [2.24, 2.45) is 5.73 Å². The lowest BCUT2D eigenvalue weighted by molar-refractivity contribution is -0.141. The highest BCUT2D eigenvalue weighted by Gasteiger charge is 2.44. The second-order valence-corrected chi connectivity index (χ2v) is 8.09. The third-order valence-electron chi connectivity index (χ3n) is 5.92. The summed E-state index contributed by atoms with van der Waals surface area (Å²) in [4.78, 5) is 15.6. The number of benzene rings is 1. The zero-order valence-electron chi connectivity index (χ0n) is 16.0. The second-order valence-electron chi connectivity index (χ2n) is 7.66. The van der Waals surface area contributed by atoms with E-state index in [1.807, 2.05) is 18.2 Å². The Balaban J connectivity index is 0.00000261. The maximum Gasteiger partial charge on any atom is 0.233 e. The number of halogens is 2. The molecule has 0 bridgehead atoms. The average Bonchev–Trinajstić information content (AvgIpc) is 2.69. The summed E-state index contributed by atoms with van der Waals surface area (Å²) in [5.41, 5.74) is 6.23. The van der Waals surface area contributed by atoms with Crippen LogP contribution >= 0.6 is 24.0 Å². The van der Waals surface area contributed by atoms with Crippen LogP contribution < -0.4 is 5.73 Å². The molecule has 2 N–H and O–H groups in total. The summed E-state index contributed by atoms with van der Waals surface area (Å²) in [6, 6.07) is 7.93. The van der Waals surface area contributed by atoms with E-state index in [2.05, 4.69) is 11.0 Å². The number of nitrogens with zero attached hydrogens (tertiary/aromatic N) is 1.